The van der Waals surface area contributed by atoms with Gasteiger partial charge in [0.2, 0.25) is 0 Å². The van der Waals surface area contributed by atoms with Gasteiger partial charge >= 0.3 is 0 Å². The van der Waals surface area contributed by atoms with Crippen LogP contribution in [0.2, 0.25) is 0 Å². The van der Waals surface area contributed by atoms with Gasteiger partial charge in [0.15, 0.2) is 0 Å². The lowest BCUT2D eigenvalue weighted by Gasteiger charge is -2.27. The van der Waals surface area contributed by atoms with Crippen LogP contribution >= 0.6 is 15.9 Å². The zero-order valence-corrected chi connectivity index (χ0v) is 12.2. The third-order valence-electron chi connectivity index (χ3n) is 3.61. The molecule has 100 valence electrons. The number of benzene rings is 1. The van der Waals surface area contributed by atoms with Gasteiger partial charge in [-0.25, -0.2) is 0 Å². The van der Waals surface area contributed by atoms with Crippen LogP contribution in [-0.2, 0) is 6.42 Å². The fraction of sp³-hybridized carbons (Fsp3) is 0.571. The molecule has 1 fully saturated rings. The van der Waals surface area contributed by atoms with Crippen molar-refractivity contribution in [2.75, 3.05) is 20.2 Å². The minimum atomic E-state index is -0.268. The largest absolute Gasteiger partial charge is 0.497 e. The summed E-state index contributed by atoms with van der Waals surface area (Å²) >= 11 is 3.53. The quantitative estimate of drug-likeness (QED) is 0.896. The summed E-state index contributed by atoms with van der Waals surface area (Å²) in [4.78, 5) is 0. The Kier molecular flexibility index (Phi) is 5.03. The summed E-state index contributed by atoms with van der Waals surface area (Å²) < 4.78 is 6.26. The molecule has 0 bridgehead atoms. The van der Waals surface area contributed by atoms with Crippen molar-refractivity contribution >= 4 is 15.9 Å². The van der Waals surface area contributed by atoms with E-state index in [4.69, 9.17) is 4.74 Å². The van der Waals surface area contributed by atoms with E-state index in [0.717, 1.165) is 41.7 Å². The van der Waals surface area contributed by atoms with Gasteiger partial charge < -0.3 is 15.2 Å². The average molecular weight is 314 g/mol. The molecule has 0 spiro atoms. The second-order valence-electron chi connectivity index (χ2n) is 4.82. The Morgan fingerprint density at radius 1 is 1.44 bits per heavy atom. The maximum absolute atomic E-state index is 10.3. The summed E-state index contributed by atoms with van der Waals surface area (Å²) in [5.41, 5.74) is 1.11. The molecule has 1 heterocycles. The zero-order chi connectivity index (χ0) is 13.0. The van der Waals surface area contributed by atoms with Crippen LogP contribution in [0.4, 0.5) is 0 Å². The maximum Gasteiger partial charge on any atom is 0.119 e. The molecule has 0 radical (unpaired) electrons. The van der Waals surface area contributed by atoms with Gasteiger partial charge in [-0.15, -0.1) is 0 Å². The molecule has 2 N–H and O–H groups in total. The Morgan fingerprint density at radius 3 is 2.83 bits per heavy atom. The van der Waals surface area contributed by atoms with Gasteiger partial charge in [0.1, 0.15) is 5.75 Å². The molecule has 0 aliphatic carbocycles. The number of aliphatic hydroxyl groups is 1. The first-order valence-corrected chi connectivity index (χ1v) is 7.21. The number of hydrogen-bond donors (Lipinski definition) is 2. The molecule has 1 aromatic rings. The summed E-state index contributed by atoms with van der Waals surface area (Å²) in [5.74, 6) is 1.25. The van der Waals surface area contributed by atoms with E-state index in [-0.39, 0.29) is 6.10 Å². The molecule has 18 heavy (non-hydrogen) atoms. The molecule has 0 saturated carbocycles. The lowest BCUT2D eigenvalue weighted by molar-refractivity contribution is 0.0889. The van der Waals surface area contributed by atoms with Crippen molar-refractivity contribution in [3.05, 3.63) is 28.2 Å². The average Bonchev–Trinajstić information content (AvgIpc) is 2.42. The van der Waals surface area contributed by atoms with Crippen molar-refractivity contribution < 1.29 is 9.84 Å². The first-order valence-electron chi connectivity index (χ1n) is 6.42. The van der Waals surface area contributed by atoms with Crippen molar-refractivity contribution in [3.63, 3.8) is 0 Å². The van der Waals surface area contributed by atoms with Crippen LogP contribution in [-0.4, -0.2) is 31.4 Å². The molecule has 3 nitrogen and oxygen atoms in total. The first kappa shape index (κ1) is 13.8. The van der Waals surface area contributed by atoms with Gasteiger partial charge in [-0.2, -0.15) is 0 Å². The molecule has 0 aromatic heterocycles. The second-order valence-corrected chi connectivity index (χ2v) is 5.67. The standard InChI is InChI=1S/C14H20BrNO2/c1-18-12-2-3-13(15)11(8-12)9-14(17)10-4-6-16-7-5-10/h2-3,8,10,14,16-17H,4-7,9H2,1H3. The van der Waals surface area contributed by atoms with Crippen LogP contribution in [0.3, 0.4) is 0 Å². The SMILES string of the molecule is COc1ccc(Br)c(CC(O)C2CCNCC2)c1. The highest BCUT2D eigenvalue weighted by Gasteiger charge is 2.22. The number of piperidine rings is 1. The highest BCUT2D eigenvalue weighted by atomic mass is 79.9. The lowest BCUT2D eigenvalue weighted by Crippen LogP contribution is -2.35. The van der Waals surface area contributed by atoms with E-state index in [1.54, 1.807) is 7.11 Å². The summed E-state index contributed by atoms with van der Waals surface area (Å²) in [6.07, 6.45) is 2.53. The molecule has 1 aromatic carbocycles. The number of nitrogens with one attached hydrogen (secondary N) is 1. The Bertz CT molecular complexity index is 391. The molecule has 4 heteroatoms. The number of hydrogen-bond acceptors (Lipinski definition) is 3. The minimum absolute atomic E-state index is 0.268. The fourth-order valence-electron chi connectivity index (χ4n) is 2.46. The summed E-state index contributed by atoms with van der Waals surface area (Å²) in [6.45, 7) is 2.03. The Balaban J connectivity index is 2.03. The van der Waals surface area contributed by atoms with Crippen LogP contribution in [0.15, 0.2) is 22.7 Å². The van der Waals surface area contributed by atoms with Gasteiger partial charge in [0, 0.05) is 4.47 Å². The molecule has 0 amide bonds. The van der Waals surface area contributed by atoms with E-state index < -0.39 is 0 Å². The predicted molar refractivity (Wildman–Crippen MR) is 76.0 cm³/mol. The lowest BCUT2D eigenvalue weighted by atomic mass is 9.88. The van der Waals surface area contributed by atoms with Crippen molar-refractivity contribution in [3.8, 4) is 5.75 Å². The Hall–Kier alpha value is -0.580. The van der Waals surface area contributed by atoms with Crippen LogP contribution in [0.5, 0.6) is 5.75 Å². The molecule has 1 saturated heterocycles. The molecule has 1 unspecified atom stereocenters. The first-order chi connectivity index (χ1) is 8.70. The number of rotatable bonds is 4. The van der Waals surface area contributed by atoms with E-state index in [0.29, 0.717) is 12.3 Å². The van der Waals surface area contributed by atoms with Gasteiger partial charge in [-0.1, -0.05) is 15.9 Å². The summed E-state index contributed by atoms with van der Waals surface area (Å²) in [7, 11) is 1.66. The van der Waals surface area contributed by atoms with E-state index in [1.807, 2.05) is 18.2 Å². The number of aliphatic hydroxyl groups excluding tert-OH is 1. The normalized spacial score (nSPS) is 18.6. The Labute approximate surface area is 117 Å². The van der Waals surface area contributed by atoms with E-state index >= 15 is 0 Å². The molecule has 1 aliphatic heterocycles. The maximum atomic E-state index is 10.3. The molecule has 1 atom stereocenters. The van der Waals surface area contributed by atoms with Gasteiger partial charge in [-0.05, 0) is 62.0 Å². The Morgan fingerprint density at radius 2 is 2.17 bits per heavy atom. The molecule has 2 rings (SSSR count). The zero-order valence-electron chi connectivity index (χ0n) is 10.7. The summed E-state index contributed by atoms with van der Waals surface area (Å²) in [6, 6.07) is 5.89. The van der Waals surface area contributed by atoms with Crippen LogP contribution in [0.1, 0.15) is 18.4 Å². The van der Waals surface area contributed by atoms with Crippen LogP contribution in [0.25, 0.3) is 0 Å². The smallest absolute Gasteiger partial charge is 0.119 e. The van der Waals surface area contributed by atoms with Crippen molar-refractivity contribution in [1.29, 1.82) is 0 Å². The predicted octanol–water partition coefficient (Wildman–Crippen LogP) is 2.36. The van der Waals surface area contributed by atoms with E-state index in [1.165, 1.54) is 0 Å². The second kappa shape index (κ2) is 6.55. The fourth-order valence-corrected chi connectivity index (χ4v) is 2.86. The molecular weight excluding hydrogens is 294 g/mol. The topological polar surface area (TPSA) is 41.5 Å². The monoisotopic (exact) mass is 313 g/mol. The van der Waals surface area contributed by atoms with Crippen LogP contribution in [0, 0.1) is 5.92 Å². The van der Waals surface area contributed by atoms with Gasteiger partial charge in [-0.3, -0.25) is 0 Å². The van der Waals surface area contributed by atoms with Gasteiger partial charge in [0.05, 0.1) is 13.2 Å². The number of ether oxygens (including phenoxy) is 1. The van der Waals surface area contributed by atoms with E-state index in [2.05, 4.69) is 21.2 Å². The van der Waals surface area contributed by atoms with Crippen molar-refractivity contribution in [2.45, 2.75) is 25.4 Å². The minimum Gasteiger partial charge on any atom is -0.497 e. The number of halogens is 1. The van der Waals surface area contributed by atoms with Crippen LogP contribution < -0.4 is 10.1 Å². The number of methoxy groups -OCH3 is 1. The highest BCUT2D eigenvalue weighted by molar-refractivity contribution is 9.10. The summed E-state index contributed by atoms with van der Waals surface area (Å²) in [5, 5.41) is 13.6. The van der Waals surface area contributed by atoms with Gasteiger partial charge in [0.25, 0.3) is 0 Å². The third-order valence-corrected chi connectivity index (χ3v) is 4.38. The van der Waals surface area contributed by atoms with Crippen molar-refractivity contribution in [1.82, 2.24) is 5.32 Å². The highest BCUT2D eigenvalue weighted by Crippen LogP contribution is 2.26. The van der Waals surface area contributed by atoms with Crippen molar-refractivity contribution in [2.24, 2.45) is 5.92 Å². The third kappa shape index (κ3) is 3.46. The van der Waals surface area contributed by atoms with E-state index in [9.17, 15) is 5.11 Å². The molecular formula is C14H20BrNO2. The molecule has 1 aliphatic rings.